The molecule has 1 saturated heterocycles. The summed E-state index contributed by atoms with van der Waals surface area (Å²) in [5.41, 5.74) is 5.63. The summed E-state index contributed by atoms with van der Waals surface area (Å²) < 4.78 is 14.6. The van der Waals surface area contributed by atoms with E-state index in [9.17, 15) is 4.57 Å². The van der Waals surface area contributed by atoms with Gasteiger partial charge in [0, 0.05) is 6.04 Å². The molecule has 0 unspecified atom stereocenters. The molecule has 2 aliphatic rings. The maximum Gasteiger partial charge on any atom is 0.356 e. The van der Waals surface area contributed by atoms with Crippen LogP contribution in [0, 0.1) is 0 Å². The summed E-state index contributed by atoms with van der Waals surface area (Å²) in [5.74, 6) is -1.05. The topological polar surface area (TPSA) is 116 Å². The third-order valence-corrected chi connectivity index (χ3v) is 3.83. The number of aliphatic hydroxyl groups is 1. The van der Waals surface area contributed by atoms with Gasteiger partial charge in [-0.2, -0.15) is 0 Å². The van der Waals surface area contributed by atoms with Gasteiger partial charge in [0.25, 0.3) is 0 Å². The van der Waals surface area contributed by atoms with Crippen molar-refractivity contribution in [3.63, 3.8) is 0 Å². The van der Waals surface area contributed by atoms with E-state index in [1.54, 1.807) is 0 Å². The third kappa shape index (κ3) is 4.91. The molecule has 1 saturated carbocycles. The van der Waals surface area contributed by atoms with Crippen LogP contribution in [0.1, 0.15) is 32.1 Å². The second kappa shape index (κ2) is 6.10. The highest BCUT2D eigenvalue weighted by atomic mass is 31.2. The number of rotatable bonds is 2. The molecular formula is C9H20NO5P. The van der Waals surface area contributed by atoms with Gasteiger partial charge in [0.15, 0.2) is 5.85 Å². The minimum absolute atomic E-state index is 0.324. The monoisotopic (exact) mass is 253 g/mol. The Hall–Kier alpha value is 0.0300. The smallest absolute Gasteiger partial charge is 0.356 e. The first kappa shape index (κ1) is 14.1. The lowest BCUT2D eigenvalue weighted by atomic mass is 9.97. The Bertz CT molecular complexity index is 250. The van der Waals surface area contributed by atoms with E-state index in [1.807, 2.05) is 0 Å². The Balaban J connectivity index is 0.000000165. The number of nitrogens with two attached hydrogens (primary N) is 1. The van der Waals surface area contributed by atoms with Crippen molar-refractivity contribution in [2.24, 2.45) is 5.73 Å². The molecule has 0 radical (unpaired) electrons. The first-order valence-electron chi connectivity index (χ1n) is 5.52. The largest absolute Gasteiger partial charge is 0.394 e. The van der Waals surface area contributed by atoms with E-state index < -0.39 is 19.5 Å². The van der Waals surface area contributed by atoms with Crippen LogP contribution in [-0.4, -0.2) is 39.5 Å². The van der Waals surface area contributed by atoms with Crippen molar-refractivity contribution >= 4 is 7.60 Å². The van der Waals surface area contributed by atoms with E-state index in [2.05, 4.69) is 4.74 Å². The van der Waals surface area contributed by atoms with Gasteiger partial charge in [-0.3, -0.25) is 4.57 Å². The number of aliphatic hydroxyl groups excluding tert-OH is 1. The van der Waals surface area contributed by atoms with Gasteiger partial charge in [-0.05, 0) is 12.8 Å². The van der Waals surface area contributed by atoms with Gasteiger partial charge in [-0.1, -0.05) is 19.3 Å². The molecule has 0 amide bonds. The number of hydrogen-bond donors (Lipinski definition) is 4. The van der Waals surface area contributed by atoms with Crippen molar-refractivity contribution in [2.75, 3.05) is 6.61 Å². The second-order valence-electron chi connectivity index (χ2n) is 4.23. The summed E-state index contributed by atoms with van der Waals surface area (Å²) in [7, 11) is -4.08. The van der Waals surface area contributed by atoms with Crippen molar-refractivity contribution in [1.29, 1.82) is 0 Å². The van der Waals surface area contributed by atoms with Crippen LogP contribution in [0.2, 0.25) is 0 Å². The normalized spacial score (nSPS) is 30.5. The molecule has 2 atom stereocenters. The van der Waals surface area contributed by atoms with Crippen LogP contribution in [0.15, 0.2) is 0 Å². The molecule has 1 aliphatic heterocycles. The highest BCUT2D eigenvalue weighted by Gasteiger charge is 2.51. The van der Waals surface area contributed by atoms with Gasteiger partial charge in [0.05, 0.1) is 6.61 Å². The molecule has 1 aliphatic carbocycles. The summed E-state index contributed by atoms with van der Waals surface area (Å²) in [6.07, 6.45) is 6.02. The molecule has 16 heavy (non-hydrogen) atoms. The van der Waals surface area contributed by atoms with Crippen molar-refractivity contribution in [2.45, 2.75) is 50.1 Å². The van der Waals surface area contributed by atoms with Crippen LogP contribution >= 0.6 is 7.60 Å². The Morgan fingerprint density at radius 1 is 1.25 bits per heavy atom. The fourth-order valence-electron chi connectivity index (χ4n) is 1.70. The zero-order chi connectivity index (χ0) is 12.2. The van der Waals surface area contributed by atoms with Crippen molar-refractivity contribution in [1.82, 2.24) is 0 Å². The Kier molecular flexibility index (Phi) is 5.37. The van der Waals surface area contributed by atoms with Crippen LogP contribution < -0.4 is 5.73 Å². The molecular weight excluding hydrogens is 233 g/mol. The molecule has 7 heteroatoms. The maximum absolute atomic E-state index is 10.2. The lowest BCUT2D eigenvalue weighted by molar-refractivity contribution is 0.242. The SMILES string of the molecule is NC1CCCCC1.O=P(O)(O)[C@H]1O[C@@H]1CO. The number of epoxide rings is 1. The van der Waals surface area contributed by atoms with Gasteiger partial charge in [0.2, 0.25) is 0 Å². The summed E-state index contributed by atoms with van der Waals surface area (Å²) in [6, 6.07) is 0.536. The molecule has 0 bridgehead atoms. The molecule has 0 aromatic carbocycles. The van der Waals surface area contributed by atoms with Crippen LogP contribution in [0.25, 0.3) is 0 Å². The summed E-state index contributed by atoms with van der Waals surface area (Å²) in [4.78, 5) is 16.7. The van der Waals surface area contributed by atoms with Crippen LogP contribution in [0.5, 0.6) is 0 Å². The quantitative estimate of drug-likeness (QED) is 0.411. The highest BCUT2D eigenvalue weighted by Crippen LogP contribution is 2.52. The molecule has 6 nitrogen and oxygen atoms in total. The summed E-state index contributed by atoms with van der Waals surface area (Å²) in [6.45, 7) is -0.324. The molecule has 2 fully saturated rings. The predicted octanol–water partition coefficient (Wildman–Crippen LogP) is 0.159. The first-order chi connectivity index (χ1) is 7.45. The lowest BCUT2D eigenvalue weighted by Gasteiger charge is -2.15. The zero-order valence-electron chi connectivity index (χ0n) is 9.16. The second-order valence-corrected chi connectivity index (χ2v) is 5.92. The van der Waals surface area contributed by atoms with E-state index in [4.69, 9.17) is 20.6 Å². The zero-order valence-corrected chi connectivity index (χ0v) is 10.1. The average molecular weight is 253 g/mol. The lowest BCUT2D eigenvalue weighted by Crippen LogP contribution is -2.22. The van der Waals surface area contributed by atoms with E-state index in [0.717, 1.165) is 0 Å². The first-order valence-corrected chi connectivity index (χ1v) is 7.20. The number of ether oxygens (including phenoxy) is 1. The molecule has 0 aromatic rings. The van der Waals surface area contributed by atoms with E-state index in [-0.39, 0.29) is 6.61 Å². The minimum atomic E-state index is -4.08. The third-order valence-electron chi connectivity index (χ3n) is 2.72. The Morgan fingerprint density at radius 2 is 1.81 bits per heavy atom. The minimum Gasteiger partial charge on any atom is -0.394 e. The van der Waals surface area contributed by atoms with Crippen LogP contribution in [-0.2, 0) is 9.30 Å². The molecule has 96 valence electrons. The molecule has 0 aromatic heterocycles. The van der Waals surface area contributed by atoms with Crippen molar-refractivity contribution in [3.05, 3.63) is 0 Å². The Labute approximate surface area is 95.0 Å². The van der Waals surface area contributed by atoms with Gasteiger partial charge in [-0.25, -0.2) is 0 Å². The maximum atomic E-state index is 10.2. The highest BCUT2D eigenvalue weighted by molar-refractivity contribution is 7.52. The van der Waals surface area contributed by atoms with E-state index >= 15 is 0 Å². The van der Waals surface area contributed by atoms with Gasteiger partial charge in [0.1, 0.15) is 6.10 Å². The molecule has 1 heterocycles. The fourth-order valence-corrected chi connectivity index (χ4v) is 2.54. The van der Waals surface area contributed by atoms with Gasteiger partial charge < -0.3 is 25.4 Å². The molecule has 0 spiro atoms. The molecule has 5 N–H and O–H groups in total. The van der Waals surface area contributed by atoms with Crippen LogP contribution in [0.3, 0.4) is 0 Å². The fraction of sp³-hybridized carbons (Fsp3) is 1.00. The van der Waals surface area contributed by atoms with Crippen LogP contribution in [0.4, 0.5) is 0 Å². The van der Waals surface area contributed by atoms with Crippen molar-refractivity contribution in [3.8, 4) is 0 Å². The van der Waals surface area contributed by atoms with Gasteiger partial charge >= 0.3 is 7.60 Å². The van der Waals surface area contributed by atoms with E-state index in [0.29, 0.717) is 6.04 Å². The average Bonchev–Trinajstić information content (AvgIpc) is 2.98. The summed E-state index contributed by atoms with van der Waals surface area (Å²) in [5, 5.41) is 8.27. The number of hydrogen-bond acceptors (Lipinski definition) is 4. The Morgan fingerprint density at radius 3 is 2.00 bits per heavy atom. The standard InChI is InChI=1S/C6H13N.C3H7O5P/c7-6-4-2-1-3-5-6;4-1-2-3(8-2)9(5,6)7/h6H,1-5,7H2;2-4H,1H2,(H2,5,6,7)/t;2-,3-/m.1/s1. The van der Waals surface area contributed by atoms with E-state index in [1.165, 1.54) is 32.1 Å². The molecule has 2 rings (SSSR count). The van der Waals surface area contributed by atoms with Crippen molar-refractivity contribution < 1.29 is 24.2 Å². The summed E-state index contributed by atoms with van der Waals surface area (Å²) >= 11 is 0. The van der Waals surface area contributed by atoms with Gasteiger partial charge in [-0.15, -0.1) is 0 Å². The predicted molar refractivity (Wildman–Crippen MR) is 58.9 cm³/mol.